The molecule has 1 aromatic rings. The molecule has 0 amide bonds. The van der Waals surface area contributed by atoms with E-state index in [1.807, 2.05) is 11.3 Å². The van der Waals surface area contributed by atoms with E-state index in [0.29, 0.717) is 16.4 Å². The molecular weight excluding hydrogens is 304 g/mol. The highest BCUT2D eigenvalue weighted by molar-refractivity contribution is 8.06. The zero-order valence-corrected chi connectivity index (χ0v) is 15.0. The molecule has 1 aromatic heterocycles. The van der Waals surface area contributed by atoms with Gasteiger partial charge in [0, 0.05) is 34.2 Å². The molecule has 2 nitrogen and oxygen atoms in total. The molecule has 112 valence electrons. The van der Waals surface area contributed by atoms with E-state index in [-0.39, 0.29) is 0 Å². The standard InChI is InChI=1S/C15H24N2S3/c1-9(2)13-12(8-16-11-4-5-11)20-15(17-13)14-10(3)18-6-7-19-14/h9-11,14,16H,4-8H2,1-3H3. The molecule has 1 aliphatic carbocycles. The summed E-state index contributed by atoms with van der Waals surface area (Å²) in [6, 6.07) is 0.777. The molecule has 2 aliphatic rings. The number of hydrogen-bond acceptors (Lipinski definition) is 5. The van der Waals surface area contributed by atoms with Crippen LogP contribution in [0.3, 0.4) is 0 Å². The van der Waals surface area contributed by atoms with Crippen molar-refractivity contribution in [3.05, 3.63) is 15.6 Å². The third-order valence-corrected chi connectivity index (χ3v) is 8.25. The van der Waals surface area contributed by atoms with Crippen LogP contribution in [0.1, 0.15) is 60.4 Å². The summed E-state index contributed by atoms with van der Waals surface area (Å²) in [7, 11) is 0. The normalized spacial score (nSPS) is 27.2. The topological polar surface area (TPSA) is 24.9 Å². The first-order valence-electron chi connectivity index (χ1n) is 7.61. The average Bonchev–Trinajstić information content (AvgIpc) is 3.15. The van der Waals surface area contributed by atoms with E-state index in [0.717, 1.165) is 12.6 Å². The number of rotatable bonds is 5. The Balaban J connectivity index is 1.77. The van der Waals surface area contributed by atoms with Crippen LogP contribution < -0.4 is 5.32 Å². The molecule has 1 saturated heterocycles. The van der Waals surface area contributed by atoms with Crippen molar-refractivity contribution in [2.45, 2.75) is 62.6 Å². The summed E-state index contributed by atoms with van der Waals surface area (Å²) in [6.07, 6.45) is 2.71. The van der Waals surface area contributed by atoms with Crippen LogP contribution in [0.25, 0.3) is 0 Å². The van der Waals surface area contributed by atoms with Crippen molar-refractivity contribution in [2.75, 3.05) is 11.5 Å². The summed E-state index contributed by atoms with van der Waals surface area (Å²) in [4.78, 5) is 6.50. The van der Waals surface area contributed by atoms with E-state index >= 15 is 0 Å². The highest BCUT2D eigenvalue weighted by Gasteiger charge is 2.29. The summed E-state index contributed by atoms with van der Waals surface area (Å²) in [6.45, 7) is 7.92. The van der Waals surface area contributed by atoms with Gasteiger partial charge in [0.05, 0.1) is 10.9 Å². The van der Waals surface area contributed by atoms with Gasteiger partial charge in [-0.3, -0.25) is 0 Å². The Morgan fingerprint density at radius 3 is 2.65 bits per heavy atom. The fraction of sp³-hybridized carbons (Fsp3) is 0.800. The molecule has 2 fully saturated rings. The van der Waals surface area contributed by atoms with E-state index in [1.54, 1.807) is 0 Å². The second-order valence-corrected chi connectivity index (χ2v) is 9.89. The number of nitrogens with zero attached hydrogens (tertiary/aromatic N) is 1. The molecule has 0 aromatic carbocycles. The molecule has 1 aliphatic heterocycles. The predicted octanol–water partition coefficient (Wildman–Crippen LogP) is 4.43. The van der Waals surface area contributed by atoms with Gasteiger partial charge < -0.3 is 5.32 Å². The SMILES string of the molecule is CC(C)c1nc(C2SCCSC2C)sc1CNC1CC1. The van der Waals surface area contributed by atoms with Crippen molar-refractivity contribution >= 4 is 34.9 Å². The van der Waals surface area contributed by atoms with E-state index in [1.165, 1.54) is 39.9 Å². The molecule has 1 saturated carbocycles. The largest absolute Gasteiger partial charge is 0.309 e. The van der Waals surface area contributed by atoms with Crippen LogP contribution in [-0.4, -0.2) is 27.8 Å². The van der Waals surface area contributed by atoms with E-state index in [2.05, 4.69) is 49.6 Å². The van der Waals surface area contributed by atoms with Crippen LogP contribution >= 0.6 is 34.9 Å². The summed E-state index contributed by atoms with van der Waals surface area (Å²) in [5, 5.41) is 6.32. The third-order valence-electron chi connectivity index (χ3n) is 3.85. The highest BCUT2D eigenvalue weighted by atomic mass is 32.2. The monoisotopic (exact) mass is 328 g/mol. The molecule has 5 heteroatoms. The fourth-order valence-electron chi connectivity index (χ4n) is 2.51. The first-order chi connectivity index (χ1) is 9.65. The Kier molecular flexibility index (Phi) is 5.01. The lowest BCUT2D eigenvalue weighted by Crippen LogP contribution is -2.15. The number of aromatic nitrogens is 1. The minimum absolute atomic E-state index is 0.535. The third kappa shape index (κ3) is 3.54. The Morgan fingerprint density at radius 1 is 1.25 bits per heavy atom. The smallest absolute Gasteiger partial charge is 0.107 e. The fourth-order valence-corrected chi connectivity index (χ4v) is 6.84. The second kappa shape index (κ2) is 6.59. The number of nitrogens with one attached hydrogen (secondary N) is 1. The van der Waals surface area contributed by atoms with Crippen LogP contribution in [0.2, 0.25) is 0 Å². The molecule has 3 rings (SSSR count). The molecule has 2 heterocycles. The molecule has 2 atom stereocenters. The Labute approximate surface area is 134 Å². The maximum atomic E-state index is 5.03. The first kappa shape index (κ1) is 15.2. The first-order valence-corrected chi connectivity index (χ1v) is 10.5. The van der Waals surface area contributed by atoms with Crippen molar-refractivity contribution < 1.29 is 0 Å². The maximum absolute atomic E-state index is 5.03. The molecular formula is C15H24N2S3. The van der Waals surface area contributed by atoms with Gasteiger partial charge in [0.15, 0.2) is 0 Å². The summed E-state index contributed by atoms with van der Waals surface area (Å²) in [5.74, 6) is 3.10. The van der Waals surface area contributed by atoms with Crippen molar-refractivity contribution in [3.8, 4) is 0 Å². The summed E-state index contributed by atoms with van der Waals surface area (Å²) in [5.41, 5.74) is 1.33. The Bertz CT molecular complexity index is 454. The Morgan fingerprint density at radius 2 is 2.00 bits per heavy atom. The molecule has 2 unspecified atom stereocenters. The molecule has 0 radical (unpaired) electrons. The van der Waals surface area contributed by atoms with Gasteiger partial charge in [-0.05, 0) is 18.8 Å². The van der Waals surface area contributed by atoms with Crippen molar-refractivity contribution in [1.82, 2.24) is 10.3 Å². The van der Waals surface area contributed by atoms with Crippen molar-refractivity contribution in [1.29, 1.82) is 0 Å². The van der Waals surface area contributed by atoms with Crippen LogP contribution in [0, 0.1) is 0 Å². The minimum Gasteiger partial charge on any atom is -0.309 e. The molecule has 20 heavy (non-hydrogen) atoms. The molecule has 0 bridgehead atoms. The summed E-state index contributed by atoms with van der Waals surface area (Å²) >= 11 is 6.16. The van der Waals surface area contributed by atoms with Gasteiger partial charge in [-0.25, -0.2) is 4.98 Å². The van der Waals surface area contributed by atoms with Gasteiger partial charge in [-0.15, -0.1) is 23.1 Å². The van der Waals surface area contributed by atoms with E-state index in [9.17, 15) is 0 Å². The van der Waals surface area contributed by atoms with Crippen LogP contribution in [0.5, 0.6) is 0 Å². The lowest BCUT2D eigenvalue weighted by Gasteiger charge is -2.26. The lowest BCUT2D eigenvalue weighted by atomic mass is 10.1. The number of thiazole rings is 1. The maximum Gasteiger partial charge on any atom is 0.107 e. The van der Waals surface area contributed by atoms with Gasteiger partial charge in [-0.2, -0.15) is 11.8 Å². The van der Waals surface area contributed by atoms with Gasteiger partial charge >= 0.3 is 0 Å². The number of thioether (sulfide) groups is 2. The highest BCUT2D eigenvalue weighted by Crippen LogP contribution is 2.44. The number of hydrogen-bond donors (Lipinski definition) is 1. The molecule has 1 N–H and O–H groups in total. The van der Waals surface area contributed by atoms with Crippen molar-refractivity contribution in [3.63, 3.8) is 0 Å². The van der Waals surface area contributed by atoms with Crippen LogP contribution in [-0.2, 0) is 6.54 Å². The average molecular weight is 329 g/mol. The quantitative estimate of drug-likeness (QED) is 0.864. The second-order valence-electron chi connectivity index (χ2n) is 6.04. The van der Waals surface area contributed by atoms with Gasteiger partial charge in [-0.1, -0.05) is 20.8 Å². The van der Waals surface area contributed by atoms with E-state index < -0.39 is 0 Å². The minimum atomic E-state index is 0.535. The van der Waals surface area contributed by atoms with Gasteiger partial charge in [0.25, 0.3) is 0 Å². The Hall–Kier alpha value is 0.290. The lowest BCUT2D eigenvalue weighted by molar-refractivity contribution is 0.680. The van der Waals surface area contributed by atoms with Crippen molar-refractivity contribution in [2.24, 2.45) is 0 Å². The van der Waals surface area contributed by atoms with Gasteiger partial charge in [0.2, 0.25) is 0 Å². The zero-order valence-electron chi connectivity index (χ0n) is 12.5. The van der Waals surface area contributed by atoms with Crippen LogP contribution in [0.15, 0.2) is 0 Å². The van der Waals surface area contributed by atoms with Gasteiger partial charge in [0.1, 0.15) is 5.01 Å². The molecule has 0 spiro atoms. The van der Waals surface area contributed by atoms with E-state index in [4.69, 9.17) is 4.98 Å². The summed E-state index contributed by atoms with van der Waals surface area (Å²) < 4.78 is 0. The predicted molar refractivity (Wildman–Crippen MR) is 93.2 cm³/mol. The van der Waals surface area contributed by atoms with Crippen LogP contribution in [0.4, 0.5) is 0 Å². The zero-order chi connectivity index (χ0) is 14.1.